The maximum absolute atomic E-state index is 12.2. The topological polar surface area (TPSA) is 176 Å². The molecule has 7 N–H and O–H groups in total. The van der Waals surface area contributed by atoms with E-state index in [2.05, 4.69) is 16.0 Å². The number of aryl methyl sites for hydroxylation is 1. The van der Waals surface area contributed by atoms with Crippen molar-refractivity contribution in [3.05, 3.63) is 53.6 Å². The monoisotopic (exact) mass is 427 g/mol. The van der Waals surface area contributed by atoms with Crippen LogP contribution in [0.5, 0.6) is 11.5 Å². The number of benzene rings is 2. The van der Waals surface area contributed by atoms with E-state index in [4.69, 9.17) is 25.7 Å². The van der Waals surface area contributed by atoms with Crippen molar-refractivity contribution < 1.29 is 29.0 Å². The van der Waals surface area contributed by atoms with E-state index in [0.29, 0.717) is 23.6 Å². The molecule has 1 aliphatic heterocycles. The molecule has 2 aromatic rings. The molecule has 0 saturated heterocycles. The number of nitrogens with two attached hydrogens (primary N) is 1. The molecule has 3 rings (SSSR count). The van der Waals surface area contributed by atoms with Crippen molar-refractivity contribution >= 4 is 29.4 Å². The molecule has 0 unspecified atom stereocenters. The standard InChI is InChI=1S/C20H21N5O6/c21-19(22)24-13-3-1-2-12(9-13)18(29)23-10-16(26)25-20-30-14-6-4-11(5-7-17(27)28)8-15(14)31-20/h1-4,6,8-9,20H,5,7,10H2,(H,23,29)(H,25,26)(H,27,28)(H4,21,22,24)/t20-/m0/s1. The first kappa shape index (κ1) is 21.4. The van der Waals surface area contributed by atoms with Crippen molar-refractivity contribution in [2.24, 2.45) is 5.73 Å². The lowest BCUT2D eigenvalue weighted by molar-refractivity contribution is -0.137. The first-order valence-electron chi connectivity index (χ1n) is 9.27. The molecule has 0 spiro atoms. The molecule has 2 amide bonds. The van der Waals surface area contributed by atoms with E-state index in [1.807, 2.05) is 0 Å². The Hall–Kier alpha value is -4.28. The maximum atomic E-state index is 12.2. The van der Waals surface area contributed by atoms with Crippen molar-refractivity contribution in [2.75, 3.05) is 11.9 Å². The molecule has 1 aliphatic rings. The van der Waals surface area contributed by atoms with E-state index in [1.54, 1.807) is 36.4 Å². The average molecular weight is 427 g/mol. The van der Waals surface area contributed by atoms with Crippen LogP contribution in [-0.4, -0.2) is 41.8 Å². The molecule has 11 heteroatoms. The number of ether oxygens (including phenoxy) is 2. The van der Waals surface area contributed by atoms with E-state index in [0.717, 1.165) is 5.56 Å². The van der Waals surface area contributed by atoms with Crippen molar-refractivity contribution in [1.82, 2.24) is 10.6 Å². The number of aliphatic carboxylic acids is 1. The summed E-state index contributed by atoms with van der Waals surface area (Å²) in [5, 5.41) is 23.5. The van der Waals surface area contributed by atoms with E-state index >= 15 is 0 Å². The van der Waals surface area contributed by atoms with Crippen LogP contribution in [0.2, 0.25) is 0 Å². The number of carboxylic acids is 1. The molecule has 2 aromatic carbocycles. The Morgan fingerprint density at radius 1 is 1.10 bits per heavy atom. The molecule has 0 aliphatic carbocycles. The van der Waals surface area contributed by atoms with Gasteiger partial charge in [0.05, 0.1) is 6.54 Å². The Morgan fingerprint density at radius 2 is 1.87 bits per heavy atom. The van der Waals surface area contributed by atoms with Gasteiger partial charge in [0.25, 0.3) is 5.91 Å². The van der Waals surface area contributed by atoms with Crippen LogP contribution in [0, 0.1) is 5.41 Å². The number of fused-ring (bicyclic) bond motifs is 1. The summed E-state index contributed by atoms with van der Waals surface area (Å²) in [6.07, 6.45) is -0.719. The number of carboxylic acid groups (broad SMARTS) is 1. The zero-order valence-electron chi connectivity index (χ0n) is 16.3. The highest BCUT2D eigenvalue weighted by Gasteiger charge is 2.26. The van der Waals surface area contributed by atoms with E-state index in [1.165, 1.54) is 6.07 Å². The van der Waals surface area contributed by atoms with Crippen LogP contribution in [0.3, 0.4) is 0 Å². The summed E-state index contributed by atoms with van der Waals surface area (Å²) in [6.45, 7) is -0.313. The molecule has 11 nitrogen and oxygen atoms in total. The van der Waals surface area contributed by atoms with E-state index in [9.17, 15) is 14.4 Å². The second-order valence-corrected chi connectivity index (χ2v) is 6.61. The Bertz CT molecular complexity index is 1020. The number of rotatable bonds is 8. The molecular weight excluding hydrogens is 406 g/mol. The van der Waals surface area contributed by atoms with Crippen LogP contribution in [0.25, 0.3) is 0 Å². The predicted molar refractivity (Wildman–Crippen MR) is 110 cm³/mol. The molecule has 0 fully saturated rings. The SMILES string of the molecule is N=C(N)Nc1cccc(C(=O)NCC(=O)N[C@H]2Oc3ccc(CCC(=O)O)cc3O2)c1. The van der Waals surface area contributed by atoms with Gasteiger partial charge in [-0.25, -0.2) is 0 Å². The van der Waals surface area contributed by atoms with Crippen LogP contribution < -0.4 is 31.2 Å². The highest BCUT2D eigenvalue weighted by atomic mass is 16.7. The van der Waals surface area contributed by atoms with E-state index < -0.39 is 24.2 Å². The fraction of sp³-hybridized carbons (Fsp3) is 0.200. The van der Waals surface area contributed by atoms with Gasteiger partial charge in [-0.05, 0) is 42.3 Å². The Morgan fingerprint density at radius 3 is 2.61 bits per heavy atom. The quantitative estimate of drug-likeness (QED) is 0.262. The largest absolute Gasteiger partial charge is 0.481 e. The number of carbonyl (C=O) groups excluding carboxylic acids is 2. The van der Waals surface area contributed by atoms with Crippen LogP contribution in [0.1, 0.15) is 22.3 Å². The number of hydrogen-bond acceptors (Lipinski definition) is 6. The van der Waals surface area contributed by atoms with Crippen LogP contribution in [0.15, 0.2) is 42.5 Å². The van der Waals surface area contributed by atoms with Gasteiger partial charge in [-0.15, -0.1) is 0 Å². The van der Waals surface area contributed by atoms with Crippen molar-refractivity contribution in [3.63, 3.8) is 0 Å². The van der Waals surface area contributed by atoms with Gasteiger partial charge in [-0.2, -0.15) is 0 Å². The summed E-state index contributed by atoms with van der Waals surface area (Å²) in [5.41, 5.74) is 6.79. The fourth-order valence-electron chi connectivity index (χ4n) is 2.80. The molecule has 31 heavy (non-hydrogen) atoms. The third kappa shape index (κ3) is 6.10. The second kappa shape index (κ2) is 9.48. The smallest absolute Gasteiger partial charge is 0.327 e. The minimum absolute atomic E-state index is 0.00672. The fourth-order valence-corrected chi connectivity index (χ4v) is 2.80. The minimum Gasteiger partial charge on any atom is -0.481 e. The summed E-state index contributed by atoms with van der Waals surface area (Å²) < 4.78 is 11.0. The Labute approximate surface area is 177 Å². The summed E-state index contributed by atoms with van der Waals surface area (Å²) in [5.74, 6) is -1.36. The molecule has 0 saturated carbocycles. The summed E-state index contributed by atoms with van der Waals surface area (Å²) in [4.78, 5) is 35.1. The van der Waals surface area contributed by atoms with Crippen molar-refractivity contribution in [1.29, 1.82) is 5.41 Å². The lowest BCUT2D eigenvalue weighted by atomic mass is 10.1. The zero-order chi connectivity index (χ0) is 22.4. The molecular formula is C20H21N5O6. The van der Waals surface area contributed by atoms with Gasteiger partial charge in [0.2, 0.25) is 5.91 Å². The van der Waals surface area contributed by atoms with Crippen LogP contribution in [0.4, 0.5) is 5.69 Å². The Kier molecular flexibility index (Phi) is 6.55. The molecule has 162 valence electrons. The van der Waals surface area contributed by atoms with Gasteiger partial charge in [-0.3, -0.25) is 25.1 Å². The molecule has 0 aromatic heterocycles. The number of hydrogen-bond donors (Lipinski definition) is 6. The average Bonchev–Trinajstić information content (AvgIpc) is 3.11. The van der Waals surface area contributed by atoms with Gasteiger partial charge in [0.15, 0.2) is 17.5 Å². The molecule has 0 radical (unpaired) electrons. The molecule has 1 heterocycles. The second-order valence-electron chi connectivity index (χ2n) is 6.61. The van der Waals surface area contributed by atoms with Crippen molar-refractivity contribution in [2.45, 2.75) is 19.3 Å². The lowest BCUT2D eigenvalue weighted by Crippen LogP contribution is -2.45. The van der Waals surface area contributed by atoms with Gasteiger partial charge in [0, 0.05) is 17.7 Å². The predicted octanol–water partition coefficient (Wildman–Crippen LogP) is 0.610. The number of carbonyl (C=O) groups is 3. The first-order chi connectivity index (χ1) is 14.8. The van der Waals surface area contributed by atoms with Gasteiger partial charge in [0.1, 0.15) is 0 Å². The van der Waals surface area contributed by atoms with E-state index in [-0.39, 0.29) is 24.5 Å². The van der Waals surface area contributed by atoms with Crippen LogP contribution in [-0.2, 0) is 16.0 Å². The number of nitrogens with one attached hydrogen (secondary N) is 4. The molecule has 0 bridgehead atoms. The van der Waals surface area contributed by atoms with Gasteiger partial charge < -0.3 is 30.9 Å². The third-order valence-electron chi connectivity index (χ3n) is 4.20. The number of amides is 2. The number of anilines is 1. The lowest BCUT2D eigenvalue weighted by Gasteiger charge is -2.12. The minimum atomic E-state index is -1.06. The van der Waals surface area contributed by atoms with Crippen LogP contribution >= 0.6 is 0 Å². The third-order valence-corrected chi connectivity index (χ3v) is 4.20. The highest BCUT2D eigenvalue weighted by Crippen LogP contribution is 2.34. The van der Waals surface area contributed by atoms with Gasteiger partial charge >= 0.3 is 12.4 Å². The summed E-state index contributed by atoms with van der Waals surface area (Å²) in [7, 11) is 0. The van der Waals surface area contributed by atoms with Gasteiger partial charge in [-0.1, -0.05) is 12.1 Å². The van der Waals surface area contributed by atoms with Crippen molar-refractivity contribution in [3.8, 4) is 11.5 Å². The first-order valence-corrected chi connectivity index (χ1v) is 9.27. The number of guanidine groups is 1. The molecule has 1 atom stereocenters. The Balaban J connectivity index is 1.48. The highest BCUT2D eigenvalue weighted by molar-refractivity contribution is 5.98. The summed E-state index contributed by atoms with van der Waals surface area (Å²) in [6, 6.07) is 11.3. The zero-order valence-corrected chi connectivity index (χ0v) is 16.3. The summed E-state index contributed by atoms with van der Waals surface area (Å²) >= 11 is 0. The maximum Gasteiger partial charge on any atom is 0.327 e. The normalized spacial score (nSPS) is 13.9.